The van der Waals surface area contributed by atoms with Crippen molar-refractivity contribution in [2.45, 2.75) is 111 Å². The van der Waals surface area contributed by atoms with Crippen LogP contribution in [0.25, 0.3) is 0 Å². The third kappa shape index (κ3) is 8.38. The van der Waals surface area contributed by atoms with E-state index >= 15 is 0 Å². The normalized spacial score (nSPS) is 16.6. The van der Waals surface area contributed by atoms with Gasteiger partial charge in [-0.15, -0.1) is 0 Å². The van der Waals surface area contributed by atoms with Crippen molar-refractivity contribution in [3.8, 4) is 5.75 Å². The Bertz CT molecular complexity index is 649. The number of hydrogen-bond donors (Lipinski definition) is 0. The molecule has 0 unspecified atom stereocenters. The Balaban J connectivity index is 2.12. The standard InChI is InChI=1S/C17H24NO.3C4H9.Sn/c1-4-11-18(12-5-2)15-9-10-16-14(13-15)7-6-8-17(16)19-3;3*1-3-4-2;/h1,4,6-8,15H,5,9-13H2,2-3H3;3*1,3-4H2,2H3;/t15-;;;;/m1..../s1. The minimum absolute atomic E-state index is 0.672. The molecular weight excluding hydrogens is 497 g/mol. The van der Waals surface area contributed by atoms with Gasteiger partial charge in [-0.25, -0.2) is 0 Å². The summed E-state index contributed by atoms with van der Waals surface area (Å²) in [6, 6.07) is 7.29. The number of fused-ring (bicyclic) bond motifs is 1. The molecule has 0 N–H and O–H groups in total. The maximum atomic E-state index is 5.64. The van der Waals surface area contributed by atoms with Crippen LogP contribution in [0.5, 0.6) is 5.75 Å². The average molecular weight is 548 g/mol. The van der Waals surface area contributed by atoms with E-state index in [-0.39, 0.29) is 0 Å². The molecule has 1 aliphatic rings. The Hall–Kier alpha value is -0.481. The molecule has 1 aromatic carbocycles. The van der Waals surface area contributed by atoms with Crippen molar-refractivity contribution in [3.63, 3.8) is 0 Å². The molecule has 0 aliphatic heterocycles. The summed E-state index contributed by atoms with van der Waals surface area (Å²) in [7, 11) is 1.81. The summed E-state index contributed by atoms with van der Waals surface area (Å²) < 4.78 is 13.2. The predicted octanol–water partition coefficient (Wildman–Crippen LogP) is 8.21. The number of hydrogen-bond acceptors (Lipinski definition) is 2. The van der Waals surface area contributed by atoms with Crippen molar-refractivity contribution in [2.24, 2.45) is 0 Å². The Kier molecular flexibility index (Phi) is 13.4. The van der Waals surface area contributed by atoms with Crippen LogP contribution in [-0.2, 0) is 12.8 Å². The van der Waals surface area contributed by atoms with E-state index in [1.165, 1.54) is 75.5 Å². The molecule has 2 rings (SSSR count). The van der Waals surface area contributed by atoms with Crippen molar-refractivity contribution < 1.29 is 4.74 Å². The van der Waals surface area contributed by atoms with Gasteiger partial charge >= 0.3 is 205 Å². The molecule has 0 bridgehead atoms. The van der Waals surface area contributed by atoms with Gasteiger partial charge in [0.2, 0.25) is 0 Å². The fourth-order valence-electron chi connectivity index (χ4n) is 5.62. The van der Waals surface area contributed by atoms with E-state index in [0.717, 1.165) is 18.7 Å². The molecule has 1 aliphatic carbocycles. The third-order valence-corrected chi connectivity index (χ3v) is 21.8. The average Bonchev–Trinajstić information content (AvgIpc) is 2.83. The first-order valence-corrected chi connectivity index (χ1v) is 21.4. The molecule has 1 aromatic rings. The van der Waals surface area contributed by atoms with Crippen LogP contribution < -0.4 is 4.74 Å². The van der Waals surface area contributed by atoms with Gasteiger partial charge in [-0.1, -0.05) is 0 Å². The van der Waals surface area contributed by atoms with Crippen LogP contribution in [-0.4, -0.2) is 49.5 Å². The third-order valence-electron chi connectivity index (χ3n) is 7.56. The van der Waals surface area contributed by atoms with E-state index in [1.54, 1.807) is 13.3 Å². The number of benzene rings is 1. The van der Waals surface area contributed by atoms with Gasteiger partial charge in [0.1, 0.15) is 0 Å². The van der Waals surface area contributed by atoms with E-state index in [9.17, 15) is 0 Å². The van der Waals surface area contributed by atoms with Crippen molar-refractivity contribution >= 4 is 18.4 Å². The van der Waals surface area contributed by atoms with Gasteiger partial charge in [0, 0.05) is 0 Å². The van der Waals surface area contributed by atoms with E-state index < -0.39 is 18.4 Å². The van der Waals surface area contributed by atoms with Crippen LogP contribution in [0.1, 0.15) is 90.2 Å². The molecule has 0 amide bonds. The second kappa shape index (κ2) is 15.4. The first-order valence-electron chi connectivity index (χ1n) is 13.7. The fraction of sp³-hybridized carbons (Fsp3) is 0.724. The van der Waals surface area contributed by atoms with Crippen LogP contribution in [0.2, 0.25) is 13.3 Å². The molecular formula is C29H51NOSn. The summed E-state index contributed by atoms with van der Waals surface area (Å²) in [5.41, 5.74) is 2.96. The first kappa shape index (κ1) is 27.8. The van der Waals surface area contributed by atoms with E-state index in [2.05, 4.69) is 61.0 Å². The Morgan fingerprint density at radius 1 is 0.969 bits per heavy atom. The molecule has 32 heavy (non-hydrogen) atoms. The summed E-state index contributed by atoms with van der Waals surface area (Å²) in [6.07, 6.45) is 15.9. The van der Waals surface area contributed by atoms with E-state index in [0.29, 0.717) is 6.04 Å². The SMILES string of the molecule is CCC[CH2][Sn](/[CH]=C/CN(CCC)[C@@H]1CCc2c(cccc2OC)C1)([CH2]CCC)[CH2]CCC. The first-order chi connectivity index (χ1) is 15.6. The molecule has 0 saturated carbocycles. The second-order valence-electron chi connectivity index (χ2n) is 10.1. The second-order valence-corrected chi connectivity index (χ2v) is 23.1. The van der Waals surface area contributed by atoms with Crippen LogP contribution in [0.4, 0.5) is 0 Å². The summed E-state index contributed by atoms with van der Waals surface area (Å²) in [5.74, 6) is 1.09. The van der Waals surface area contributed by atoms with Gasteiger partial charge in [0.05, 0.1) is 0 Å². The van der Waals surface area contributed by atoms with Crippen molar-refractivity contribution in [1.82, 2.24) is 4.90 Å². The van der Waals surface area contributed by atoms with Gasteiger partial charge in [-0.3, -0.25) is 0 Å². The molecule has 1 atom stereocenters. The summed E-state index contributed by atoms with van der Waals surface area (Å²) in [4.78, 5) is 2.79. The molecule has 0 heterocycles. The molecule has 0 radical (unpaired) electrons. The molecule has 0 spiro atoms. The zero-order valence-electron chi connectivity index (χ0n) is 21.9. The molecule has 182 valence electrons. The van der Waals surface area contributed by atoms with Crippen molar-refractivity contribution in [3.05, 3.63) is 39.5 Å². The fourth-order valence-corrected chi connectivity index (χ4v) is 20.0. The monoisotopic (exact) mass is 549 g/mol. The van der Waals surface area contributed by atoms with Gasteiger partial charge in [0.15, 0.2) is 0 Å². The zero-order chi connectivity index (χ0) is 23.2. The van der Waals surface area contributed by atoms with Gasteiger partial charge in [-0.2, -0.15) is 0 Å². The van der Waals surface area contributed by atoms with Crippen LogP contribution in [0.3, 0.4) is 0 Å². The summed E-state index contributed by atoms with van der Waals surface area (Å²) in [6.45, 7) is 11.8. The summed E-state index contributed by atoms with van der Waals surface area (Å²) >= 11 is -2.17. The van der Waals surface area contributed by atoms with Gasteiger partial charge < -0.3 is 0 Å². The van der Waals surface area contributed by atoms with Crippen LogP contribution in [0, 0.1) is 0 Å². The van der Waals surface area contributed by atoms with Gasteiger partial charge in [-0.05, 0) is 0 Å². The Labute approximate surface area is 204 Å². The van der Waals surface area contributed by atoms with Crippen LogP contribution in [0.15, 0.2) is 28.4 Å². The number of ether oxygens (including phenoxy) is 1. The predicted molar refractivity (Wildman–Crippen MR) is 145 cm³/mol. The quantitative estimate of drug-likeness (QED) is 0.193. The Morgan fingerprint density at radius 3 is 2.19 bits per heavy atom. The van der Waals surface area contributed by atoms with E-state index in [1.807, 2.05) is 7.11 Å². The maximum absolute atomic E-state index is 5.64. The molecule has 3 heteroatoms. The molecule has 0 saturated heterocycles. The van der Waals surface area contributed by atoms with Crippen molar-refractivity contribution in [1.29, 1.82) is 0 Å². The number of unbranched alkanes of at least 4 members (excludes halogenated alkanes) is 3. The number of nitrogens with zero attached hydrogens (tertiary/aromatic N) is 1. The molecule has 2 nitrogen and oxygen atoms in total. The summed E-state index contributed by atoms with van der Waals surface area (Å²) in [5, 5.41) is 0. The van der Waals surface area contributed by atoms with Crippen molar-refractivity contribution in [2.75, 3.05) is 20.2 Å². The number of rotatable bonds is 16. The molecule has 0 fully saturated rings. The molecule has 0 aromatic heterocycles. The zero-order valence-corrected chi connectivity index (χ0v) is 24.8. The minimum atomic E-state index is -2.17. The number of methoxy groups -OCH3 is 1. The Morgan fingerprint density at radius 2 is 1.62 bits per heavy atom. The topological polar surface area (TPSA) is 12.5 Å². The van der Waals surface area contributed by atoms with Gasteiger partial charge in [0.25, 0.3) is 0 Å². The van der Waals surface area contributed by atoms with E-state index in [4.69, 9.17) is 4.74 Å². The van der Waals surface area contributed by atoms with Crippen LogP contribution >= 0.6 is 0 Å².